The number of benzene rings is 3. The zero-order valence-electron chi connectivity index (χ0n) is 20.0. The van der Waals surface area contributed by atoms with E-state index >= 15 is 0 Å². The van der Waals surface area contributed by atoms with E-state index in [1.54, 1.807) is 6.07 Å². The highest BCUT2D eigenvalue weighted by Gasteiger charge is 2.29. The first-order valence-electron chi connectivity index (χ1n) is 11.7. The normalized spacial score (nSPS) is 13.1. The molecule has 1 aromatic heterocycles. The molecule has 37 heavy (non-hydrogen) atoms. The predicted octanol–water partition coefficient (Wildman–Crippen LogP) is 5.60. The van der Waals surface area contributed by atoms with Gasteiger partial charge in [-0.25, -0.2) is 13.2 Å². The van der Waals surface area contributed by atoms with Crippen LogP contribution in [0.2, 0.25) is 0 Å². The zero-order valence-corrected chi connectivity index (χ0v) is 21.6. The van der Waals surface area contributed by atoms with Gasteiger partial charge in [-0.15, -0.1) is 11.3 Å². The number of carbonyl (C=O) groups excluding carboxylic acids is 2. The molecule has 9 heteroatoms. The molecule has 0 fully saturated rings. The number of aryl methyl sites for hydroxylation is 1. The van der Waals surface area contributed by atoms with Crippen molar-refractivity contribution in [2.24, 2.45) is 0 Å². The summed E-state index contributed by atoms with van der Waals surface area (Å²) in [5, 5.41) is 2.78. The number of rotatable bonds is 6. The molecule has 0 bridgehead atoms. The Balaban J connectivity index is 1.39. The molecule has 0 aliphatic carbocycles. The van der Waals surface area contributed by atoms with Crippen molar-refractivity contribution >= 4 is 44.6 Å². The quantitative estimate of drug-likeness (QED) is 0.327. The van der Waals surface area contributed by atoms with Gasteiger partial charge in [0.1, 0.15) is 4.88 Å². The van der Waals surface area contributed by atoms with Gasteiger partial charge in [-0.05, 0) is 60.4 Å². The molecule has 0 spiro atoms. The fraction of sp³-hybridized carbons (Fsp3) is 0.143. The van der Waals surface area contributed by atoms with Gasteiger partial charge in [-0.2, -0.15) is 0 Å². The smallest absolute Gasteiger partial charge is 0.350 e. The number of nitrogens with one attached hydrogen (secondary N) is 1. The second-order valence-corrected chi connectivity index (χ2v) is 11.4. The van der Waals surface area contributed by atoms with Crippen LogP contribution < -0.4 is 9.62 Å². The number of esters is 1. The molecule has 1 amide bonds. The standard InChI is InChI=1S/C28H24N2O5S2/c1-35-28(32)26-23(18-25(36-26)20-9-3-2-4-10-20)29-27(31)21-13-15-22(16-14-21)37(33,34)30-17-7-11-19-8-5-6-12-24(19)30/h2-6,8-10,12-16,18H,7,11,17H2,1H3,(H,29,31). The van der Waals surface area contributed by atoms with Crippen LogP contribution in [0.25, 0.3) is 10.4 Å². The molecule has 1 N–H and O–H groups in total. The van der Waals surface area contributed by atoms with E-state index in [-0.39, 0.29) is 15.3 Å². The Hall–Kier alpha value is -3.95. The maximum absolute atomic E-state index is 13.4. The van der Waals surface area contributed by atoms with Crippen molar-refractivity contribution in [3.8, 4) is 10.4 Å². The predicted molar refractivity (Wildman–Crippen MR) is 145 cm³/mol. The average Bonchev–Trinajstić information content (AvgIpc) is 3.36. The summed E-state index contributed by atoms with van der Waals surface area (Å²) in [7, 11) is -2.50. The maximum Gasteiger partial charge on any atom is 0.350 e. The van der Waals surface area contributed by atoms with Gasteiger partial charge >= 0.3 is 5.97 Å². The van der Waals surface area contributed by atoms with Crippen molar-refractivity contribution in [3.05, 3.63) is 101 Å². The lowest BCUT2D eigenvalue weighted by molar-refractivity contribution is 0.0607. The van der Waals surface area contributed by atoms with Crippen LogP contribution in [0.3, 0.4) is 0 Å². The van der Waals surface area contributed by atoms with Crippen LogP contribution in [0, 0.1) is 0 Å². The minimum absolute atomic E-state index is 0.109. The minimum Gasteiger partial charge on any atom is -0.465 e. The second-order valence-electron chi connectivity index (χ2n) is 8.50. The van der Waals surface area contributed by atoms with Gasteiger partial charge in [0.15, 0.2) is 0 Å². The molecule has 1 aliphatic rings. The number of amides is 1. The van der Waals surface area contributed by atoms with E-state index in [4.69, 9.17) is 4.74 Å². The number of anilines is 2. The van der Waals surface area contributed by atoms with Crippen molar-refractivity contribution in [2.45, 2.75) is 17.7 Å². The summed E-state index contributed by atoms with van der Waals surface area (Å²) in [5.41, 5.74) is 3.20. The molecule has 0 saturated heterocycles. The Bertz CT molecular complexity index is 1560. The van der Waals surface area contributed by atoms with E-state index in [1.165, 1.54) is 47.0 Å². The molecular weight excluding hydrogens is 508 g/mol. The minimum atomic E-state index is -3.78. The fourth-order valence-corrected chi connectivity index (χ4v) is 6.90. The Kier molecular flexibility index (Phi) is 6.82. The molecule has 5 rings (SSSR count). The molecule has 3 aromatic carbocycles. The molecule has 0 unspecified atom stereocenters. The first-order valence-corrected chi connectivity index (χ1v) is 13.9. The summed E-state index contributed by atoms with van der Waals surface area (Å²) in [6.45, 7) is 0.403. The number of fused-ring (bicyclic) bond motifs is 1. The summed E-state index contributed by atoms with van der Waals surface area (Å²) < 4.78 is 33.1. The first kappa shape index (κ1) is 24.7. The van der Waals surface area contributed by atoms with E-state index < -0.39 is 21.9 Å². The van der Waals surface area contributed by atoms with Gasteiger partial charge in [-0.1, -0.05) is 48.5 Å². The van der Waals surface area contributed by atoms with Crippen molar-refractivity contribution in [3.63, 3.8) is 0 Å². The van der Waals surface area contributed by atoms with Crippen LogP contribution in [-0.2, 0) is 21.2 Å². The van der Waals surface area contributed by atoms with Crippen LogP contribution in [0.15, 0.2) is 89.8 Å². The Morgan fingerprint density at radius 2 is 1.65 bits per heavy atom. The van der Waals surface area contributed by atoms with Crippen LogP contribution >= 0.6 is 11.3 Å². The van der Waals surface area contributed by atoms with Crippen molar-refractivity contribution in [2.75, 3.05) is 23.3 Å². The summed E-state index contributed by atoms with van der Waals surface area (Å²) in [4.78, 5) is 26.6. The summed E-state index contributed by atoms with van der Waals surface area (Å²) in [5.74, 6) is -1.01. The molecule has 0 atom stereocenters. The Morgan fingerprint density at radius 1 is 0.946 bits per heavy atom. The van der Waals surface area contributed by atoms with Crippen LogP contribution in [0.5, 0.6) is 0 Å². The van der Waals surface area contributed by atoms with Crippen LogP contribution in [0.4, 0.5) is 11.4 Å². The molecule has 0 radical (unpaired) electrons. The third-order valence-electron chi connectivity index (χ3n) is 6.18. The van der Waals surface area contributed by atoms with Gasteiger partial charge < -0.3 is 10.1 Å². The van der Waals surface area contributed by atoms with Gasteiger partial charge in [0.25, 0.3) is 15.9 Å². The Morgan fingerprint density at radius 3 is 2.38 bits per heavy atom. The van der Waals surface area contributed by atoms with Crippen molar-refractivity contribution in [1.82, 2.24) is 0 Å². The SMILES string of the molecule is COC(=O)c1sc(-c2ccccc2)cc1NC(=O)c1ccc(S(=O)(=O)N2CCCc3ccccc32)cc1. The lowest BCUT2D eigenvalue weighted by atomic mass is 10.0. The molecule has 1 aliphatic heterocycles. The maximum atomic E-state index is 13.4. The van der Waals surface area contributed by atoms with Gasteiger partial charge in [0.05, 0.1) is 23.4 Å². The molecule has 4 aromatic rings. The topological polar surface area (TPSA) is 92.8 Å². The highest BCUT2D eigenvalue weighted by molar-refractivity contribution is 7.92. The number of hydrogen-bond acceptors (Lipinski definition) is 6. The van der Waals surface area contributed by atoms with Gasteiger partial charge in [0, 0.05) is 17.0 Å². The lowest BCUT2D eigenvalue weighted by Crippen LogP contribution is -2.35. The Labute approximate surface area is 219 Å². The number of nitrogens with zero attached hydrogens (tertiary/aromatic N) is 1. The summed E-state index contributed by atoms with van der Waals surface area (Å²) >= 11 is 1.22. The molecule has 188 valence electrons. The zero-order chi connectivity index (χ0) is 26.0. The van der Waals surface area contributed by atoms with Gasteiger partial charge in [-0.3, -0.25) is 9.10 Å². The third kappa shape index (κ3) is 4.87. The van der Waals surface area contributed by atoms with E-state index in [1.807, 2.05) is 54.6 Å². The number of carbonyl (C=O) groups is 2. The number of hydrogen-bond donors (Lipinski definition) is 1. The fourth-order valence-electron chi connectivity index (χ4n) is 4.32. The van der Waals surface area contributed by atoms with Crippen molar-refractivity contribution in [1.29, 1.82) is 0 Å². The lowest BCUT2D eigenvalue weighted by Gasteiger charge is -2.30. The second kappa shape index (κ2) is 10.2. The number of sulfonamides is 1. The van der Waals surface area contributed by atoms with E-state index in [9.17, 15) is 18.0 Å². The number of methoxy groups -OCH3 is 1. The third-order valence-corrected chi connectivity index (χ3v) is 9.17. The molecule has 2 heterocycles. The van der Waals surface area contributed by atoms with E-state index in [2.05, 4.69) is 5.32 Å². The number of thiophene rings is 1. The average molecular weight is 533 g/mol. The first-order chi connectivity index (χ1) is 17.9. The summed E-state index contributed by atoms with van der Waals surface area (Å²) in [6, 6.07) is 24.6. The largest absolute Gasteiger partial charge is 0.465 e. The number of ether oxygens (including phenoxy) is 1. The van der Waals surface area contributed by atoms with Crippen LogP contribution in [0.1, 0.15) is 32.0 Å². The number of para-hydroxylation sites is 1. The molecule has 0 saturated carbocycles. The van der Waals surface area contributed by atoms with E-state index in [0.717, 1.165) is 28.8 Å². The molecule has 7 nitrogen and oxygen atoms in total. The monoisotopic (exact) mass is 532 g/mol. The van der Waals surface area contributed by atoms with Crippen molar-refractivity contribution < 1.29 is 22.7 Å². The summed E-state index contributed by atoms with van der Waals surface area (Å²) in [6.07, 6.45) is 1.58. The highest BCUT2D eigenvalue weighted by Crippen LogP contribution is 2.36. The highest BCUT2D eigenvalue weighted by atomic mass is 32.2. The van der Waals surface area contributed by atoms with E-state index in [0.29, 0.717) is 17.9 Å². The molecular formula is C28H24N2O5S2. The van der Waals surface area contributed by atoms with Crippen LogP contribution in [-0.4, -0.2) is 33.9 Å². The van der Waals surface area contributed by atoms with Gasteiger partial charge in [0.2, 0.25) is 0 Å².